The Morgan fingerprint density at radius 2 is 2.19 bits per heavy atom. The van der Waals surface area contributed by atoms with Crippen LogP contribution in [-0.2, 0) is 9.53 Å². The summed E-state index contributed by atoms with van der Waals surface area (Å²) in [5.41, 5.74) is 0.549. The van der Waals surface area contributed by atoms with Gasteiger partial charge in [0.05, 0.1) is 12.8 Å². The molecule has 86 valence electrons. The number of ether oxygens (including phenoxy) is 1. The van der Waals surface area contributed by atoms with E-state index >= 15 is 0 Å². The molecule has 0 aliphatic heterocycles. The summed E-state index contributed by atoms with van der Waals surface area (Å²) in [5.74, 6) is -0.714. The van der Waals surface area contributed by atoms with Crippen LogP contribution in [0.1, 0.15) is 22.3 Å². The van der Waals surface area contributed by atoms with E-state index in [1.54, 1.807) is 19.9 Å². The van der Waals surface area contributed by atoms with Crippen molar-refractivity contribution in [2.75, 3.05) is 12.4 Å². The number of rotatable bonds is 3. The highest BCUT2D eigenvalue weighted by molar-refractivity contribution is 7.17. The molecule has 0 bridgehead atoms. The van der Waals surface area contributed by atoms with E-state index < -0.39 is 5.97 Å². The first-order chi connectivity index (χ1) is 7.58. The summed E-state index contributed by atoms with van der Waals surface area (Å²) in [7, 11) is 1.31. The van der Waals surface area contributed by atoms with Crippen LogP contribution < -0.4 is 5.32 Å². The number of hydrogen-bond donors (Lipinski definition) is 1. The number of methoxy groups -OCH3 is 1. The van der Waals surface area contributed by atoms with Crippen molar-refractivity contribution in [3.8, 4) is 0 Å². The van der Waals surface area contributed by atoms with E-state index in [2.05, 4.69) is 15.0 Å². The molecule has 1 rings (SSSR count). The Hall–Kier alpha value is -1.69. The normalized spacial score (nSPS) is 10.4. The number of aryl methyl sites for hydroxylation is 1. The minimum Gasteiger partial charge on any atom is -0.465 e. The average Bonchev–Trinajstić information content (AvgIpc) is 2.58. The number of thiazole rings is 1. The second-order valence-electron chi connectivity index (χ2n) is 2.91. The molecular weight excluding hydrogens is 228 g/mol. The highest BCUT2D eigenvalue weighted by Gasteiger charge is 2.16. The monoisotopic (exact) mass is 240 g/mol. The molecule has 0 spiro atoms. The van der Waals surface area contributed by atoms with Gasteiger partial charge in [-0.15, -0.1) is 0 Å². The zero-order chi connectivity index (χ0) is 12.1. The first-order valence-corrected chi connectivity index (χ1v) is 5.39. The molecule has 5 nitrogen and oxygen atoms in total. The summed E-state index contributed by atoms with van der Waals surface area (Å²) < 4.78 is 4.59. The van der Waals surface area contributed by atoms with E-state index in [0.717, 1.165) is 11.3 Å². The molecule has 0 aromatic carbocycles. The second-order valence-corrected chi connectivity index (χ2v) is 3.91. The minimum absolute atomic E-state index is 0.271. The fourth-order valence-corrected chi connectivity index (χ4v) is 1.92. The maximum Gasteiger partial charge on any atom is 0.350 e. The van der Waals surface area contributed by atoms with Gasteiger partial charge < -0.3 is 4.74 Å². The Labute approximate surface area is 97.1 Å². The number of nitrogens with zero attached hydrogens (tertiary/aromatic N) is 1. The Morgan fingerprint density at radius 3 is 2.75 bits per heavy atom. The lowest BCUT2D eigenvalue weighted by Crippen LogP contribution is -2.07. The fraction of sp³-hybridized carbons (Fsp3) is 0.300. The van der Waals surface area contributed by atoms with Gasteiger partial charge in [0, 0.05) is 0 Å². The molecule has 1 amide bonds. The van der Waals surface area contributed by atoms with Crippen LogP contribution in [0.15, 0.2) is 12.2 Å². The van der Waals surface area contributed by atoms with Gasteiger partial charge in [-0.2, -0.15) is 0 Å². The SMILES string of the molecule is C/C=C/C(=O)Nc1nc(C)c(C(=O)OC)s1. The number of carbonyl (C=O) groups is 2. The molecule has 0 saturated heterocycles. The van der Waals surface area contributed by atoms with E-state index in [4.69, 9.17) is 0 Å². The minimum atomic E-state index is -0.443. The van der Waals surface area contributed by atoms with E-state index in [1.165, 1.54) is 13.2 Å². The molecule has 0 aliphatic rings. The number of allylic oxidation sites excluding steroid dienone is 1. The summed E-state index contributed by atoms with van der Waals surface area (Å²) in [5, 5.41) is 2.95. The molecule has 0 saturated carbocycles. The number of nitrogens with one attached hydrogen (secondary N) is 1. The standard InChI is InChI=1S/C10H12N2O3S/c1-4-5-7(13)12-10-11-6(2)8(16-10)9(14)15-3/h4-5H,1-3H3,(H,11,12,13)/b5-4+. The second kappa shape index (κ2) is 5.41. The molecule has 1 N–H and O–H groups in total. The van der Waals surface area contributed by atoms with Gasteiger partial charge in [0.2, 0.25) is 5.91 Å². The largest absolute Gasteiger partial charge is 0.465 e. The summed E-state index contributed by atoms with van der Waals surface area (Å²) in [4.78, 5) is 27.0. The van der Waals surface area contributed by atoms with Crippen molar-refractivity contribution < 1.29 is 14.3 Å². The average molecular weight is 240 g/mol. The van der Waals surface area contributed by atoms with Crippen LogP contribution in [-0.4, -0.2) is 24.0 Å². The van der Waals surface area contributed by atoms with Crippen LogP contribution in [0.4, 0.5) is 5.13 Å². The third kappa shape index (κ3) is 2.90. The van der Waals surface area contributed by atoms with Crippen molar-refractivity contribution in [3.05, 3.63) is 22.7 Å². The zero-order valence-corrected chi connectivity index (χ0v) is 10.1. The van der Waals surface area contributed by atoms with Gasteiger partial charge in [0.25, 0.3) is 0 Å². The lowest BCUT2D eigenvalue weighted by atomic mass is 10.4. The van der Waals surface area contributed by atoms with Crippen molar-refractivity contribution in [2.45, 2.75) is 13.8 Å². The highest BCUT2D eigenvalue weighted by Crippen LogP contribution is 2.23. The van der Waals surface area contributed by atoms with Gasteiger partial charge in [-0.1, -0.05) is 17.4 Å². The third-order valence-corrected chi connectivity index (χ3v) is 2.77. The van der Waals surface area contributed by atoms with Crippen molar-refractivity contribution in [2.24, 2.45) is 0 Å². The number of anilines is 1. The Morgan fingerprint density at radius 1 is 1.50 bits per heavy atom. The molecule has 0 radical (unpaired) electrons. The first-order valence-electron chi connectivity index (χ1n) is 4.58. The van der Waals surface area contributed by atoms with Crippen LogP contribution in [0, 0.1) is 6.92 Å². The molecule has 1 aromatic rings. The number of esters is 1. The van der Waals surface area contributed by atoms with Crippen LogP contribution >= 0.6 is 11.3 Å². The van der Waals surface area contributed by atoms with Gasteiger partial charge >= 0.3 is 5.97 Å². The van der Waals surface area contributed by atoms with E-state index in [-0.39, 0.29) is 5.91 Å². The van der Waals surface area contributed by atoms with Crippen molar-refractivity contribution in [3.63, 3.8) is 0 Å². The number of aromatic nitrogens is 1. The number of carbonyl (C=O) groups excluding carboxylic acids is 2. The summed E-state index contributed by atoms with van der Waals surface area (Å²) in [6.45, 7) is 3.43. The lowest BCUT2D eigenvalue weighted by molar-refractivity contribution is -0.111. The lowest BCUT2D eigenvalue weighted by Gasteiger charge is -1.94. The predicted octanol–water partition coefficient (Wildman–Crippen LogP) is 1.75. The van der Waals surface area contributed by atoms with Crippen LogP contribution in [0.25, 0.3) is 0 Å². The first kappa shape index (κ1) is 12.4. The fourth-order valence-electron chi connectivity index (χ4n) is 1.03. The number of hydrogen-bond acceptors (Lipinski definition) is 5. The van der Waals surface area contributed by atoms with Crippen molar-refractivity contribution in [1.29, 1.82) is 0 Å². The molecule has 1 aromatic heterocycles. The van der Waals surface area contributed by atoms with Gasteiger partial charge in [-0.05, 0) is 19.9 Å². The van der Waals surface area contributed by atoms with Crippen LogP contribution in [0.3, 0.4) is 0 Å². The van der Waals surface area contributed by atoms with Gasteiger partial charge in [0.1, 0.15) is 4.88 Å². The van der Waals surface area contributed by atoms with Crippen LogP contribution in [0.2, 0.25) is 0 Å². The maximum absolute atomic E-state index is 11.3. The summed E-state index contributed by atoms with van der Waals surface area (Å²) in [6.07, 6.45) is 3.01. The smallest absolute Gasteiger partial charge is 0.350 e. The molecule has 0 atom stereocenters. The molecule has 6 heteroatoms. The maximum atomic E-state index is 11.3. The van der Waals surface area contributed by atoms with Gasteiger partial charge in [0.15, 0.2) is 5.13 Å². The van der Waals surface area contributed by atoms with E-state index in [1.807, 2.05) is 0 Å². The molecule has 0 unspecified atom stereocenters. The predicted molar refractivity (Wildman–Crippen MR) is 61.6 cm³/mol. The topological polar surface area (TPSA) is 68.3 Å². The summed E-state index contributed by atoms with van der Waals surface area (Å²) >= 11 is 1.09. The number of amides is 1. The van der Waals surface area contributed by atoms with Gasteiger partial charge in [-0.25, -0.2) is 9.78 Å². The van der Waals surface area contributed by atoms with Crippen molar-refractivity contribution in [1.82, 2.24) is 4.98 Å². The molecular formula is C10H12N2O3S. The quantitative estimate of drug-likeness (QED) is 0.645. The Kier molecular flexibility index (Phi) is 4.19. The third-order valence-electron chi connectivity index (χ3n) is 1.72. The van der Waals surface area contributed by atoms with E-state index in [9.17, 15) is 9.59 Å². The van der Waals surface area contributed by atoms with Crippen LogP contribution in [0.5, 0.6) is 0 Å². The molecule has 16 heavy (non-hydrogen) atoms. The highest BCUT2D eigenvalue weighted by atomic mass is 32.1. The molecule has 1 heterocycles. The Balaban J connectivity index is 2.85. The molecule has 0 fully saturated rings. The molecule has 0 aliphatic carbocycles. The van der Waals surface area contributed by atoms with Gasteiger partial charge in [-0.3, -0.25) is 10.1 Å². The summed E-state index contributed by atoms with van der Waals surface area (Å²) in [6, 6.07) is 0. The van der Waals surface area contributed by atoms with E-state index in [0.29, 0.717) is 15.7 Å². The Bertz CT molecular complexity index is 437. The zero-order valence-electron chi connectivity index (χ0n) is 9.23. The van der Waals surface area contributed by atoms with Crippen molar-refractivity contribution >= 4 is 28.3 Å².